The molecule has 2 aliphatic heterocycles. The number of hydrogen-bond donors (Lipinski definition) is 2. The standard InChI is InChI=1S/C13H14N2O5/c16-12-6-18-5-9(15-12)13(17)14-4-8-1-2-10-11(3-8)20-7-19-10/h1-3,9H,4-7H2,(H,14,17)(H,15,16). The van der Waals surface area contributed by atoms with E-state index in [1.54, 1.807) is 6.07 Å². The third-order valence-electron chi connectivity index (χ3n) is 3.07. The van der Waals surface area contributed by atoms with E-state index in [-0.39, 0.29) is 31.8 Å². The summed E-state index contributed by atoms with van der Waals surface area (Å²) in [5, 5.41) is 5.32. The first-order valence-electron chi connectivity index (χ1n) is 6.26. The number of ether oxygens (including phenoxy) is 3. The average molecular weight is 278 g/mol. The minimum Gasteiger partial charge on any atom is -0.454 e. The van der Waals surface area contributed by atoms with Crippen LogP contribution in [0.25, 0.3) is 0 Å². The van der Waals surface area contributed by atoms with Crippen LogP contribution < -0.4 is 20.1 Å². The van der Waals surface area contributed by atoms with Crippen LogP contribution in [0.4, 0.5) is 0 Å². The van der Waals surface area contributed by atoms with Gasteiger partial charge in [0, 0.05) is 6.54 Å². The molecule has 1 aromatic rings. The quantitative estimate of drug-likeness (QED) is 0.782. The Balaban J connectivity index is 1.56. The Hall–Kier alpha value is -2.28. The van der Waals surface area contributed by atoms with Crippen LogP contribution in [0.3, 0.4) is 0 Å². The molecule has 1 fully saturated rings. The van der Waals surface area contributed by atoms with Gasteiger partial charge in [0.25, 0.3) is 0 Å². The number of carbonyl (C=O) groups is 2. The summed E-state index contributed by atoms with van der Waals surface area (Å²) in [6.07, 6.45) is 0. The summed E-state index contributed by atoms with van der Waals surface area (Å²) in [6.45, 7) is 0.767. The van der Waals surface area contributed by atoms with Crippen molar-refractivity contribution in [2.24, 2.45) is 0 Å². The maximum absolute atomic E-state index is 11.9. The van der Waals surface area contributed by atoms with E-state index in [4.69, 9.17) is 14.2 Å². The zero-order chi connectivity index (χ0) is 13.9. The molecule has 7 heteroatoms. The lowest BCUT2D eigenvalue weighted by atomic mass is 10.2. The number of amides is 2. The highest BCUT2D eigenvalue weighted by atomic mass is 16.7. The summed E-state index contributed by atoms with van der Waals surface area (Å²) in [5.41, 5.74) is 0.894. The minimum atomic E-state index is -0.634. The number of fused-ring (bicyclic) bond motifs is 1. The van der Waals surface area contributed by atoms with Crippen LogP contribution >= 0.6 is 0 Å². The molecule has 0 aromatic heterocycles. The molecule has 2 N–H and O–H groups in total. The van der Waals surface area contributed by atoms with E-state index < -0.39 is 6.04 Å². The predicted octanol–water partition coefficient (Wildman–Crippen LogP) is -0.453. The fourth-order valence-electron chi connectivity index (χ4n) is 2.05. The van der Waals surface area contributed by atoms with Crippen molar-refractivity contribution < 1.29 is 23.8 Å². The summed E-state index contributed by atoms with van der Waals surface area (Å²) in [6, 6.07) is 4.84. The van der Waals surface area contributed by atoms with Gasteiger partial charge in [0.15, 0.2) is 11.5 Å². The van der Waals surface area contributed by atoms with E-state index in [2.05, 4.69) is 10.6 Å². The van der Waals surface area contributed by atoms with Crippen molar-refractivity contribution in [1.82, 2.24) is 10.6 Å². The normalized spacial score (nSPS) is 20.4. The Morgan fingerprint density at radius 1 is 1.35 bits per heavy atom. The molecule has 0 spiro atoms. The van der Waals surface area contributed by atoms with Crippen LogP contribution in [-0.2, 0) is 20.9 Å². The second kappa shape index (κ2) is 5.38. The van der Waals surface area contributed by atoms with E-state index in [0.717, 1.165) is 5.56 Å². The molecule has 2 amide bonds. The Labute approximate surface area is 115 Å². The molecule has 7 nitrogen and oxygen atoms in total. The number of hydrogen-bond acceptors (Lipinski definition) is 5. The van der Waals surface area contributed by atoms with Crippen molar-refractivity contribution in [1.29, 1.82) is 0 Å². The number of morpholine rings is 1. The van der Waals surface area contributed by atoms with Gasteiger partial charge in [-0.1, -0.05) is 6.07 Å². The van der Waals surface area contributed by atoms with Crippen LogP contribution in [0.5, 0.6) is 11.5 Å². The van der Waals surface area contributed by atoms with Gasteiger partial charge < -0.3 is 24.8 Å². The van der Waals surface area contributed by atoms with Crippen molar-refractivity contribution in [3.05, 3.63) is 23.8 Å². The van der Waals surface area contributed by atoms with Crippen LogP contribution in [0.15, 0.2) is 18.2 Å². The average Bonchev–Trinajstić information content (AvgIpc) is 2.92. The lowest BCUT2D eigenvalue weighted by molar-refractivity contribution is -0.138. The Bertz CT molecular complexity index is 546. The van der Waals surface area contributed by atoms with Gasteiger partial charge in [-0.2, -0.15) is 0 Å². The number of nitrogens with one attached hydrogen (secondary N) is 2. The second-order valence-corrected chi connectivity index (χ2v) is 4.54. The van der Waals surface area contributed by atoms with Gasteiger partial charge in [-0.3, -0.25) is 9.59 Å². The second-order valence-electron chi connectivity index (χ2n) is 4.54. The molecule has 2 aliphatic rings. The Morgan fingerprint density at radius 2 is 2.20 bits per heavy atom. The molecule has 1 unspecified atom stereocenters. The zero-order valence-corrected chi connectivity index (χ0v) is 10.7. The molecule has 0 radical (unpaired) electrons. The highest BCUT2D eigenvalue weighted by molar-refractivity contribution is 5.89. The zero-order valence-electron chi connectivity index (χ0n) is 10.7. The molecule has 1 saturated heterocycles. The monoisotopic (exact) mass is 278 g/mol. The van der Waals surface area contributed by atoms with Crippen molar-refractivity contribution in [2.75, 3.05) is 20.0 Å². The summed E-state index contributed by atoms with van der Waals surface area (Å²) in [5.74, 6) is 0.828. The molecule has 2 heterocycles. The molecule has 0 saturated carbocycles. The van der Waals surface area contributed by atoms with Crippen LogP contribution in [0.2, 0.25) is 0 Å². The number of carbonyl (C=O) groups excluding carboxylic acids is 2. The third kappa shape index (κ3) is 2.67. The molecule has 1 aromatic carbocycles. The molecule has 106 valence electrons. The lowest BCUT2D eigenvalue weighted by Crippen LogP contribution is -2.53. The number of rotatable bonds is 3. The third-order valence-corrected chi connectivity index (χ3v) is 3.07. The van der Waals surface area contributed by atoms with Gasteiger partial charge in [0.2, 0.25) is 18.6 Å². The maximum atomic E-state index is 11.9. The first-order valence-corrected chi connectivity index (χ1v) is 6.26. The van der Waals surface area contributed by atoms with E-state index >= 15 is 0 Å². The highest BCUT2D eigenvalue weighted by Gasteiger charge is 2.25. The number of benzene rings is 1. The van der Waals surface area contributed by atoms with Gasteiger partial charge >= 0.3 is 0 Å². The molecular formula is C13H14N2O5. The highest BCUT2D eigenvalue weighted by Crippen LogP contribution is 2.32. The van der Waals surface area contributed by atoms with Gasteiger partial charge in [0.1, 0.15) is 12.6 Å². The maximum Gasteiger partial charge on any atom is 0.246 e. The van der Waals surface area contributed by atoms with Gasteiger partial charge in [-0.25, -0.2) is 0 Å². The van der Waals surface area contributed by atoms with Crippen molar-refractivity contribution in [3.8, 4) is 11.5 Å². The van der Waals surface area contributed by atoms with Crippen molar-refractivity contribution in [3.63, 3.8) is 0 Å². The largest absolute Gasteiger partial charge is 0.454 e. The summed E-state index contributed by atoms with van der Waals surface area (Å²) < 4.78 is 15.5. The SMILES string of the molecule is O=C1COCC(C(=O)NCc2ccc3c(c2)OCO3)N1. The topological polar surface area (TPSA) is 85.9 Å². The van der Waals surface area contributed by atoms with E-state index in [9.17, 15) is 9.59 Å². The lowest BCUT2D eigenvalue weighted by Gasteiger charge is -2.22. The molecule has 20 heavy (non-hydrogen) atoms. The van der Waals surface area contributed by atoms with E-state index in [0.29, 0.717) is 18.0 Å². The smallest absolute Gasteiger partial charge is 0.246 e. The van der Waals surface area contributed by atoms with Gasteiger partial charge in [-0.15, -0.1) is 0 Å². The van der Waals surface area contributed by atoms with E-state index in [1.165, 1.54) is 0 Å². The first-order chi connectivity index (χ1) is 9.72. The molecular weight excluding hydrogens is 264 g/mol. The van der Waals surface area contributed by atoms with Crippen molar-refractivity contribution >= 4 is 11.8 Å². The minimum absolute atomic E-state index is 0.00589. The van der Waals surface area contributed by atoms with Crippen molar-refractivity contribution in [2.45, 2.75) is 12.6 Å². The Morgan fingerprint density at radius 3 is 3.05 bits per heavy atom. The fourth-order valence-corrected chi connectivity index (χ4v) is 2.05. The first kappa shape index (κ1) is 12.7. The fraction of sp³-hybridized carbons (Fsp3) is 0.385. The van der Waals surface area contributed by atoms with Crippen LogP contribution in [0, 0.1) is 0 Å². The molecule has 3 rings (SSSR count). The van der Waals surface area contributed by atoms with E-state index in [1.807, 2.05) is 12.1 Å². The van der Waals surface area contributed by atoms with Gasteiger partial charge in [-0.05, 0) is 17.7 Å². The molecule has 0 aliphatic carbocycles. The summed E-state index contributed by atoms with van der Waals surface area (Å²) in [7, 11) is 0. The molecule has 1 atom stereocenters. The molecule has 0 bridgehead atoms. The van der Waals surface area contributed by atoms with Gasteiger partial charge in [0.05, 0.1) is 6.61 Å². The predicted molar refractivity (Wildman–Crippen MR) is 67.2 cm³/mol. The Kier molecular flexibility index (Phi) is 3.42. The van der Waals surface area contributed by atoms with Crippen LogP contribution in [0.1, 0.15) is 5.56 Å². The summed E-state index contributed by atoms with van der Waals surface area (Å²) >= 11 is 0. The van der Waals surface area contributed by atoms with Crippen LogP contribution in [-0.4, -0.2) is 37.9 Å². The summed E-state index contributed by atoms with van der Waals surface area (Å²) in [4.78, 5) is 23.0.